The van der Waals surface area contributed by atoms with E-state index in [0.29, 0.717) is 42.0 Å². The number of carboxylic acid groups (broad SMARTS) is 1. The highest BCUT2D eigenvalue weighted by atomic mass is 35.5. The predicted molar refractivity (Wildman–Crippen MR) is 133 cm³/mol. The average Bonchev–Trinajstić information content (AvgIpc) is 3.63. The zero-order valence-corrected chi connectivity index (χ0v) is 20.8. The zero-order valence-electron chi connectivity index (χ0n) is 19.3. The second-order valence-electron chi connectivity index (χ2n) is 9.48. The molecule has 1 aliphatic heterocycles. The number of hydrogen-bond donors (Lipinski definition) is 1. The van der Waals surface area contributed by atoms with E-state index in [1.54, 1.807) is 0 Å². The van der Waals surface area contributed by atoms with Crippen LogP contribution in [0.3, 0.4) is 0 Å². The van der Waals surface area contributed by atoms with Gasteiger partial charge in [0, 0.05) is 28.5 Å². The van der Waals surface area contributed by atoms with Crippen LogP contribution in [0.15, 0.2) is 48.5 Å². The molecule has 2 aliphatic rings. The highest BCUT2D eigenvalue weighted by Crippen LogP contribution is 2.47. The second kappa shape index (κ2) is 11.1. The molecule has 2 fully saturated rings. The number of carbonyl (C=O) groups is 2. The van der Waals surface area contributed by atoms with Gasteiger partial charge in [-0.2, -0.15) is 0 Å². The summed E-state index contributed by atoms with van der Waals surface area (Å²) in [6, 6.07) is 14.8. The smallest absolute Gasteiger partial charge is 0.304 e. The number of carboxylic acids is 1. The molecule has 34 heavy (non-hydrogen) atoms. The molecule has 4 atom stereocenters. The number of nitrogens with zero attached hydrogens (tertiary/aromatic N) is 1. The SMILES string of the molecule is CCC(COCC1CC1)N1C(=O)C(CC(=O)O)CC(c2cccc(Cl)c2)C1c1ccc(Cl)cc1. The van der Waals surface area contributed by atoms with E-state index in [9.17, 15) is 14.7 Å². The third-order valence-electron chi connectivity index (χ3n) is 6.96. The fourth-order valence-corrected chi connectivity index (χ4v) is 5.35. The van der Waals surface area contributed by atoms with Gasteiger partial charge in [-0.3, -0.25) is 9.59 Å². The van der Waals surface area contributed by atoms with Gasteiger partial charge >= 0.3 is 5.97 Å². The van der Waals surface area contributed by atoms with E-state index in [0.717, 1.165) is 11.1 Å². The molecule has 2 aromatic carbocycles. The molecule has 1 saturated carbocycles. The first-order valence-electron chi connectivity index (χ1n) is 12.0. The van der Waals surface area contributed by atoms with Crippen LogP contribution < -0.4 is 0 Å². The molecule has 0 aromatic heterocycles. The maximum atomic E-state index is 13.8. The van der Waals surface area contributed by atoms with Crippen molar-refractivity contribution >= 4 is 35.1 Å². The number of aliphatic carboxylic acids is 1. The Bertz CT molecular complexity index is 1010. The van der Waals surface area contributed by atoms with Gasteiger partial charge in [-0.1, -0.05) is 54.4 Å². The summed E-state index contributed by atoms with van der Waals surface area (Å²) in [5.41, 5.74) is 1.96. The molecule has 4 unspecified atom stereocenters. The summed E-state index contributed by atoms with van der Waals surface area (Å²) in [5.74, 6) is -1.18. The lowest BCUT2D eigenvalue weighted by atomic mass is 9.74. The molecule has 0 spiro atoms. The van der Waals surface area contributed by atoms with E-state index in [2.05, 4.69) is 0 Å². The standard InChI is InChI=1S/C27H31Cl2NO4/c1-2-23(16-34-15-17-6-7-17)30-26(18-8-10-21(28)11-9-18)24(19-4-3-5-22(29)12-19)13-20(27(30)33)14-25(31)32/h3-5,8-12,17,20,23-24,26H,2,6-7,13-16H2,1H3,(H,31,32). The van der Waals surface area contributed by atoms with Crippen LogP contribution in [0.5, 0.6) is 0 Å². The average molecular weight is 504 g/mol. The number of likely N-dealkylation sites (tertiary alicyclic amines) is 1. The molecular formula is C27H31Cl2NO4. The molecule has 1 N–H and O–H groups in total. The number of ether oxygens (including phenoxy) is 1. The Kier molecular flexibility index (Phi) is 8.18. The molecule has 1 aliphatic carbocycles. The summed E-state index contributed by atoms with van der Waals surface area (Å²) in [7, 11) is 0. The van der Waals surface area contributed by atoms with Gasteiger partial charge in [0.25, 0.3) is 0 Å². The van der Waals surface area contributed by atoms with Crippen molar-refractivity contribution in [3.8, 4) is 0 Å². The van der Waals surface area contributed by atoms with Crippen LogP contribution in [0.2, 0.25) is 10.0 Å². The van der Waals surface area contributed by atoms with Crippen LogP contribution in [0.1, 0.15) is 62.1 Å². The second-order valence-corrected chi connectivity index (χ2v) is 10.3. The van der Waals surface area contributed by atoms with Gasteiger partial charge in [-0.05, 0) is 67.0 Å². The topological polar surface area (TPSA) is 66.8 Å². The summed E-state index contributed by atoms with van der Waals surface area (Å²) >= 11 is 12.5. The monoisotopic (exact) mass is 503 g/mol. The molecule has 1 amide bonds. The lowest BCUT2D eigenvalue weighted by molar-refractivity contribution is -0.154. The van der Waals surface area contributed by atoms with E-state index >= 15 is 0 Å². The molecule has 4 rings (SSSR count). The van der Waals surface area contributed by atoms with E-state index in [4.69, 9.17) is 27.9 Å². The van der Waals surface area contributed by atoms with Crippen molar-refractivity contribution in [2.45, 2.75) is 57.0 Å². The lowest BCUT2D eigenvalue weighted by Gasteiger charge is -2.48. The van der Waals surface area contributed by atoms with Crippen LogP contribution in [0, 0.1) is 11.8 Å². The van der Waals surface area contributed by atoms with Crippen LogP contribution in [-0.4, -0.2) is 41.1 Å². The van der Waals surface area contributed by atoms with Gasteiger partial charge in [-0.25, -0.2) is 0 Å². The first kappa shape index (κ1) is 25.0. The minimum Gasteiger partial charge on any atom is -0.481 e. The maximum Gasteiger partial charge on any atom is 0.304 e. The largest absolute Gasteiger partial charge is 0.481 e. The van der Waals surface area contributed by atoms with Crippen molar-refractivity contribution < 1.29 is 19.4 Å². The molecule has 0 radical (unpaired) electrons. The van der Waals surface area contributed by atoms with Crippen LogP contribution >= 0.6 is 23.2 Å². The van der Waals surface area contributed by atoms with Gasteiger partial charge in [0.05, 0.1) is 25.1 Å². The summed E-state index contributed by atoms with van der Waals surface area (Å²) in [5, 5.41) is 10.8. The van der Waals surface area contributed by atoms with Gasteiger partial charge in [-0.15, -0.1) is 0 Å². The number of rotatable bonds is 10. The fraction of sp³-hybridized carbons (Fsp3) is 0.481. The zero-order chi connectivity index (χ0) is 24.2. The van der Waals surface area contributed by atoms with Crippen molar-refractivity contribution in [1.82, 2.24) is 4.90 Å². The first-order valence-corrected chi connectivity index (χ1v) is 12.8. The normalized spacial score (nSPS) is 23.7. The number of hydrogen-bond acceptors (Lipinski definition) is 3. The quantitative estimate of drug-likeness (QED) is 0.410. The molecule has 5 nitrogen and oxygen atoms in total. The summed E-state index contributed by atoms with van der Waals surface area (Å²) in [6.45, 7) is 3.19. The summed E-state index contributed by atoms with van der Waals surface area (Å²) < 4.78 is 6.04. The number of amides is 1. The highest BCUT2D eigenvalue weighted by Gasteiger charge is 2.46. The predicted octanol–water partition coefficient (Wildman–Crippen LogP) is 6.35. The molecular weight excluding hydrogens is 473 g/mol. The van der Waals surface area contributed by atoms with Crippen molar-refractivity contribution in [1.29, 1.82) is 0 Å². The molecule has 2 aromatic rings. The van der Waals surface area contributed by atoms with Gasteiger partial charge in [0.15, 0.2) is 0 Å². The van der Waals surface area contributed by atoms with Gasteiger partial charge in [0.1, 0.15) is 0 Å². The minimum atomic E-state index is -0.967. The van der Waals surface area contributed by atoms with Crippen LogP contribution in [0.4, 0.5) is 0 Å². The number of benzene rings is 2. The van der Waals surface area contributed by atoms with Crippen molar-refractivity contribution in [2.75, 3.05) is 13.2 Å². The van der Waals surface area contributed by atoms with Crippen molar-refractivity contribution in [2.24, 2.45) is 11.8 Å². The molecule has 7 heteroatoms. The Morgan fingerprint density at radius 1 is 1.12 bits per heavy atom. The Labute approximate surface area is 211 Å². The van der Waals surface area contributed by atoms with Crippen LogP contribution in [0.25, 0.3) is 0 Å². The van der Waals surface area contributed by atoms with Crippen molar-refractivity contribution in [3.05, 3.63) is 69.7 Å². The Morgan fingerprint density at radius 3 is 2.47 bits per heavy atom. The minimum absolute atomic E-state index is 0.112. The van der Waals surface area contributed by atoms with Crippen LogP contribution in [-0.2, 0) is 14.3 Å². The molecule has 1 heterocycles. The third kappa shape index (κ3) is 5.94. The number of carbonyl (C=O) groups excluding carboxylic acids is 1. The lowest BCUT2D eigenvalue weighted by Crippen LogP contribution is -2.53. The third-order valence-corrected chi connectivity index (χ3v) is 7.44. The Balaban J connectivity index is 1.76. The van der Waals surface area contributed by atoms with Gasteiger partial charge in [0.2, 0.25) is 5.91 Å². The molecule has 0 bridgehead atoms. The fourth-order valence-electron chi connectivity index (χ4n) is 5.03. The van der Waals surface area contributed by atoms with E-state index in [1.165, 1.54) is 12.8 Å². The maximum absolute atomic E-state index is 13.8. The van der Waals surface area contributed by atoms with Crippen molar-refractivity contribution in [3.63, 3.8) is 0 Å². The Morgan fingerprint density at radius 2 is 1.85 bits per heavy atom. The highest BCUT2D eigenvalue weighted by molar-refractivity contribution is 6.30. The Hall–Kier alpha value is -2.08. The first-order chi connectivity index (χ1) is 16.4. The van der Waals surface area contributed by atoms with E-state index < -0.39 is 11.9 Å². The number of halogens is 2. The summed E-state index contributed by atoms with van der Waals surface area (Å²) in [6.07, 6.45) is 3.35. The summed E-state index contributed by atoms with van der Waals surface area (Å²) in [4.78, 5) is 27.4. The van der Waals surface area contributed by atoms with Gasteiger partial charge < -0.3 is 14.7 Å². The molecule has 182 valence electrons. The number of piperidine rings is 1. The van der Waals surface area contributed by atoms with E-state index in [-0.39, 0.29) is 30.3 Å². The van der Waals surface area contributed by atoms with E-state index in [1.807, 2.05) is 60.4 Å². The molecule has 1 saturated heterocycles.